The van der Waals surface area contributed by atoms with Gasteiger partial charge in [-0.25, -0.2) is 0 Å². The van der Waals surface area contributed by atoms with Crippen LogP contribution in [0.5, 0.6) is 5.75 Å². The number of benzene rings is 1. The van der Waals surface area contributed by atoms with Crippen molar-refractivity contribution in [3.63, 3.8) is 0 Å². The summed E-state index contributed by atoms with van der Waals surface area (Å²) in [6.07, 6.45) is 1.73. The SMILES string of the molecule is CNCc1cc(Cl)cc(Cl)c1OCc1ccc(Br)cn1. The van der Waals surface area contributed by atoms with E-state index in [0.717, 1.165) is 15.7 Å². The van der Waals surface area contributed by atoms with E-state index in [9.17, 15) is 0 Å². The lowest BCUT2D eigenvalue weighted by Crippen LogP contribution is -2.08. The summed E-state index contributed by atoms with van der Waals surface area (Å²) in [7, 11) is 1.86. The van der Waals surface area contributed by atoms with Crippen LogP contribution in [-0.2, 0) is 13.2 Å². The van der Waals surface area contributed by atoms with Gasteiger partial charge in [0.25, 0.3) is 0 Å². The van der Waals surface area contributed by atoms with Crippen molar-refractivity contribution in [2.24, 2.45) is 0 Å². The predicted octanol–water partition coefficient (Wildman–Crippen LogP) is 4.45. The van der Waals surface area contributed by atoms with Crippen LogP contribution in [0.1, 0.15) is 11.3 Å². The number of ether oxygens (including phenoxy) is 1. The second-order valence-electron chi connectivity index (χ2n) is 4.16. The van der Waals surface area contributed by atoms with Gasteiger partial charge in [-0.15, -0.1) is 0 Å². The van der Waals surface area contributed by atoms with E-state index in [1.807, 2.05) is 25.2 Å². The topological polar surface area (TPSA) is 34.1 Å². The third-order valence-electron chi connectivity index (χ3n) is 2.61. The number of hydrogen-bond donors (Lipinski definition) is 1. The Balaban J connectivity index is 2.17. The molecule has 0 saturated heterocycles. The molecule has 0 unspecified atom stereocenters. The molecule has 3 nitrogen and oxygen atoms in total. The van der Waals surface area contributed by atoms with Gasteiger partial charge in [-0.3, -0.25) is 4.98 Å². The van der Waals surface area contributed by atoms with Crippen LogP contribution in [0.15, 0.2) is 34.9 Å². The molecule has 0 spiro atoms. The smallest absolute Gasteiger partial charge is 0.143 e. The molecule has 0 saturated carbocycles. The van der Waals surface area contributed by atoms with Crippen LogP contribution in [0.2, 0.25) is 10.0 Å². The third-order valence-corrected chi connectivity index (χ3v) is 3.57. The Morgan fingerprint density at radius 2 is 2.10 bits per heavy atom. The Kier molecular flexibility index (Phi) is 5.66. The van der Waals surface area contributed by atoms with Crippen molar-refractivity contribution < 1.29 is 4.74 Å². The second kappa shape index (κ2) is 7.27. The zero-order chi connectivity index (χ0) is 14.5. The van der Waals surface area contributed by atoms with Gasteiger partial charge in [0.2, 0.25) is 0 Å². The van der Waals surface area contributed by atoms with Crippen LogP contribution >= 0.6 is 39.1 Å². The Bertz CT molecular complexity index is 590. The molecule has 0 atom stereocenters. The average molecular weight is 376 g/mol. The van der Waals surface area contributed by atoms with E-state index >= 15 is 0 Å². The Morgan fingerprint density at radius 3 is 2.75 bits per heavy atom. The normalized spacial score (nSPS) is 10.6. The van der Waals surface area contributed by atoms with Crippen LogP contribution in [-0.4, -0.2) is 12.0 Å². The van der Waals surface area contributed by atoms with Crippen molar-refractivity contribution in [1.82, 2.24) is 10.3 Å². The Labute approximate surface area is 136 Å². The summed E-state index contributed by atoms with van der Waals surface area (Å²) in [6.45, 7) is 0.981. The molecular weight excluding hydrogens is 363 g/mol. The first-order valence-corrected chi connectivity index (χ1v) is 7.51. The largest absolute Gasteiger partial charge is 0.485 e. The van der Waals surface area contributed by atoms with E-state index in [1.165, 1.54) is 0 Å². The molecule has 0 bridgehead atoms. The lowest BCUT2D eigenvalue weighted by atomic mass is 10.2. The molecule has 1 aromatic carbocycles. The summed E-state index contributed by atoms with van der Waals surface area (Å²) in [5.41, 5.74) is 1.75. The van der Waals surface area contributed by atoms with Crippen molar-refractivity contribution in [1.29, 1.82) is 0 Å². The molecule has 0 fully saturated rings. The maximum atomic E-state index is 6.20. The van der Waals surface area contributed by atoms with Gasteiger partial charge < -0.3 is 10.1 Å². The van der Waals surface area contributed by atoms with Gasteiger partial charge in [-0.05, 0) is 47.2 Å². The number of pyridine rings is 1. The number of nitrogens with one attached hydrogen (secondary N) is 1. The van der Waals surface area contributed by atoms with Gasteiger partial charge in [0.05, 0.1) is 10.7 Å². The monoisotopic (exact) mass is 374 g/mol. The molecule has 0 amide bonds. The zero-order valence-electron chi connectivity index (χ0n) is 10.8. The van der Waals surface area contributed by atoms with Gasteiger partial charge in [-0.2, -0.15) is 0 Å². The third kappa shape index (κ3) is 4.09. The van der Waals surface area contributed by atoms with E-state index in [1.54, 1.807) is 12.3 Å². The lowest BCUT2D eigenvalue weighted by molar-refractivity contribution is 0.298. The summed E-state index contributed by atoms with van der Waals surface area (Å²) in [5.74, 6) is 0.634. The number of aromatic nitrogens is 1. The minimum absolute atomic E-state index is 0.353. The van der Waals surface area contributed by atoms with Crippen LogP contribution in [0, 0.1) is 0 Å². The predicted molar refractivity (Wildman–Crippen MR) is 85.5 cm³/mol. The van der Waals surface area contributed by atoms with E-state index in [0.29, 0.717) is 28.9 Å². The van der Waals surface area contributed by atoms with Crippen LogP contribution in [0.25, 0.3) is 0 Å². The number of rotatable bonds is 5. The first-order valence-electron chi connectivity index (χ1n) is 5.96. The quantitative estimate of drug-likeness (QED) is 0.838. The maximum absolute atomic E-state index is 6.20. The first kappa shape index (κ1) is 15.6. The van der Waals surface area contributed by atoms with Crippen molar-refractivity contribution in [3.8, 4) is 5.75 Å². The van der Waals surface area contributed by atoms with E-state index < -0.39 is 0 Å². The highest BCUT2D eigenvalue weighted by Gasteiger charge is 2.11. The molecule has 0 radical (unpaired) electrons. The molecule has 2 aromatic rings. The highest BCUT2D eigenvalue weighted by Crippen LogP contribution is 2.33. The second-order valence-corrected chi connectivity index (χ2v) is 5.92. The molecule has 20 heavy (non-hydrogen) atoms. The minimum Gasteiger partial charge on any atom is -0.485 e. The summed E-state index contributed by atoms with van der Waals surface area (Å²) >= 11 is 15.5. The lowest BCUT2D eigenvalue weighted by Gasteiger charge is -2.13. The molecule has 0 aliphatic carbocycles. The number of halogens is 3. The molecule has 0 aliphatic heterocycles. The summed E-state index contributed by atoms with van der Waals surface area (Å²) in [4.78, 5) is 4.26. The van der Waals surface area contributed by atoms with Crippen molar-refractivity contribution in [2.75, 3.05) is 7.05 Å². The van der Waals surface area contributed by atoms with Gasteiger partial charge in [-0.1, -0.05) is 23.2 Å². The molecular formula is C14H13BrCl2N2O. The van der Waals surface area contributed by atoms with Crippen molar-refractivity contribution >= 4 is 39.1 Å². The van der Waals surface area contributed by atoms with Gasteiger partial charge in [0.15, 0.2) is 0 Å². The van der Waals surface area contributed by atoms with Crippen molar-refractivity contribution in [3.05, 3.63) is 56.2 Å². The van der Waals surface area contributed by atoms with Gasteiger partial charge in [0.1, 0.15) is 12.4 Å². The molecule has 1 aromatic heterocycles. The Hall–Kier alpha value is -0.810. The fourth-order valence-electron chi connectivity index (χ4n) is 1.73. The standard InChI is InChI=1S/C14H13BrCl2N2O/c1-18-6-9-4-11(16)5-13(17)14(9)20-8-12-3-2-10(15)7-19-12/h2-5,7,18H,6,8H2,1H3. The number of hydrogen-bond acceptors (Lipinski definition) is 3. The van der Waals surface area contributed by atoms with Crippen LogP contribution in [0.3, 0.4) is 0 Å². The van der Waals surface area contributed by atoms with Crippen molar-refractivity contribution in [2.45, 2.75) is 13.2 Å². The number of nitrogens with zero attached hydrogens (tertiary/aromatic N) is 1. The molecule has 106 valence electrons. The van der Waals surface area contributed by atoms with E-state index in [2.05, 4.69) is 26.2 Å². The summed E-state index contributed by atoms with van der Waals surface area (Å²) in [5, 5.41) is 4.16. The molecule has 1 heterocycles. The summed E-state index contributed by atoms with van der Waals surface area (Å²) in [6, 6.07) is 7.33. The van der Waals surface area contributed by atoms with E-state index in [4.69, 9.17) is 27.9 Å². The summed E-state index contributed by atoms with van der Waals surface area (Å²) < 4.78 is 6.73. The van der Waals surface area contributed by atoms with Gasteiger partial charge >= 0.3 is 0 Å². The maximum Gasteiger partial charge on any atom is 0.143 e. The Morgan fingerprint density at radius 1 is 1.30 bits per heavy atom. The fraction of sp³-hybridized carbons (Fsp3) is 0.214. The minimum atomic E-state index is 0.353. The molecule has 2 rings (SSSR count). The van der Waals surface area contributed by atoms with Crippen LogP contribution in [0.4, 0.5) is 0 Å². The fourth-order valence-corrected chi connectivity index (χ4v) is 2.56. The van der Waals surface area contributed by atoms with E-state index in [-0.39, 0.29) is 0 Å². The highest BCUT2D eigenvalue weighted by molar-refractivity contribution is 9.10. The average Bonchev–Trinajstić information content (AvgIpc) is 2.40. The van der Waals surface area contributed by atoms with Crippen LogP contribution < -0.4 is 10.1 Å². The highest BCUT2D eigenvalue weighted by atomic mass is 79.9. The zero-order valence-corrected chi connectivity index (χ0v) is 13.9. The molecule has 0 aliphatic rings. The van der Waals surface area contributed by atoms with Gasteiger partial charge in [0, 0.05) is 27.8 Å². The first-order chi connectivity index (χ1) is 9.60. The molecule has 6 heteroatoms. The molecule has 1 N–H and O–H groups in total.